The lowest BCUT2D eigenvalue weighted by Gasteiger charge is -2.06. The van der Waals surface area contributed by atoms with E-state index in [1.807, 2.05) is 47.3 Å². The van der Waals surface area contributed by atoms with Crippen molar-refractivity contribution in [3.05, 3.63) is 94.2 Å². The van der Waals surface area contributed by atoms with Crippen LogP contribution in [0.5, 0.6) is 0 Å². The molecule has 0 unspecified atom stereocenters. The highest BCUT2D eigenvalue weighted by atomic mass is 35.5. The van der Waals surface area contributed by atoms with Gasteiger partial charge in [0.25, 0.3) is 5.91 Å². The van der Waals surface area contributed by atoms with Crippen LogP contribution in [0.4, 0.5) is 5.69 Å². The number of halogens is 2. The maximum absolute atomic E-state index is 12.2. The fourth-order valence-corrected chi connectivity index (χ4v) is 2.58. The van der Waals surface area contributed by atoms with Crippen LogP contribution in [0.15, 0.2) is 73.1 Å². The zero-order valence-electron chi connectivity index (χ0n) is 12.7. The summed E-state index contributed by atoms with van der Waals surface area (Å²) >= 11 is 11.8. The molecule has 0 bridgehead atoms. The van der Waals surface area contributed by atoms with Crippen LogP contribution in [0.25, 0.3) is 0 Å². The molecule has 3 nitrogen and oxygen atoms in total. The third-order valence-electron chi connectivity index (χ3n) is 3.54. The Hall–Kier alpha value is -2.36. The van der Waals surface area contributed by atoms with Crippen molar-refractivity contribution in [2.24, 2.45) is 0 Å². The second kappa shape index (κ2) is 7.47. The molecule has 0 radical (unpaired) electrons. The van der Waals surface area contributed by atoms with Gasteiger partial charge >= 0.3 is 0 Å². The summed E-state index contributed by atoms with van der Waals surface area (Å²) in [5.41, 5.74) is 2.40. The van der Waals surface area contributed by atoms with Crippen LogP contribution in [0, 0.1) is 0 Å². The highest BCUT2D eigenvalue weighted by Gasteiger charge is 2.09. The van der Waals surface area contributed by atoms with Gasteiger partial charge in [-0.2, -0.15) is 0 Å². The highest BCUT2D eigenvalue weighted by Crippen LogP contribution is 2.23. The van der Waals surface area contributed by atoms with E-state index in [4.69, 9.17) is 23.2 Å². The molecule has 3 rings (SSSR count). The molecule has 1 amide bonds. The van der Waals surface area contributed by atoms with Crippen molar-refractivity contribution in [1.82, 2.24) is 0 Å². The predicted molar refractivity (Wildman–Crippen MR) is 96.6 cm³/mol. The van der Waals surface area contributed by atoms with Gasteiger partial charge in [-0.25, -0.2) is 4.57 Å². The Labute approximate surface area is 150 Å². The van der Waals surface area contributed by atoms with Crippen LogP contribution >= 0.6 is 23.2 Å². The largest absolute Gasteiger partial charge is 0.322 e. The van der Waals surface area contributed by atoms with Crippen LogP contribution < -0.4 is 9.88 Å². The number of carbonyl (C=O) groups excluding carboxylic acids is 1. The van der Waals surface area contributed by atoms with E-state index in [0.717, 1.165) is 12.2 Å². The molecular weight excluding hydrogens is 343 g/mol. The number of rotatable bonds is 4. The molecule has 2 aromatic carbocycles. The molecular formula is C19H15Cl2N2O+. The fraction of sp³-hybridized carbons (Fsp3) is 0.0526. The third-order valence-corrected chi connectivity index (χ3v) is 4.28. The van der Waals surface area contributed by atoms with E-state index < -0.39 is 0 Å². The second-order valence-electron chi connectivity index (χ2n) is 5.33. The monoisotopic (exact) mass is 357 g/mol. The molecule has 24 heavy (non-hydrogen) atoms. The average Bonchev–Trinajstić information content (AvgIpc) is 2.60. The number of nitrogens with one attached hydrogen (secondary N) is 1. The van der Waals surface area contributed by atoms with Gasteiger partial charge in [-0.3, -0.25) is 4.79 Å². The summed E-state index contributed by atoms with van der Waals surface area (Å²) in [7, 11) is 0. The van der Waals surface area contributed by atoms with Crippen molar-refractivity contribution >= 4 is 34.8 Å². The van der Waals surface area contributed by atoms with E-state index in [-0.39, 0.29) is 5.91 Å². The number of carbonyl (C=O) groups is 1. The van der Waals surface area contributed by atoms with Gasteiger partial charge in [-0.1, -0.05) is 53.5 Å². The second-order valence-corrected chi connectivity index (χ2v) is 6.14. The minimum Gasteiger partial charge on any atom is -0.322 e. The molecule has 120 valence electrons. The summed E-state index contributed by atoms with van der Waals surface area (Å²) in [4.78, 5) is 12.2. The van der Waals surface area contributed by atoms with Crippen molar-refractivity contribution in [2.45, 2.75) is 6.54 Å². The number of hydrogen-bond acceptors (Lipinski definition) is 1. The minimum absolute atomic E-state index is 0.227. The van der Waals surface area contributed by atoms with Crippen LogP contribution in [0.1, 0.15) is 15.9 Å². The van der Waals surface area contributed by atoms with E-state index in [9.17, 15) is 4.79 Å². The lowest BCUT2D eigenvalue weighted by Crippen LogP contribution is -2.33. The summed E-state index contributed by atoms with van der Waals surface area (Å²) < 4.78 is 2.05. The van der Waals surface area contributed by atoms with E-state index in [1.54, 1.807) is 18.2 Å². The van der Waals surface area contributed by atoms with Crippen molar-refractivity contribution < 1.29 is 9.36 Å². The molecule has 5 heteroatoms. The minimum atomic E-state index is -0.227. The fourth-order valence-electron chi connectivity index (χ4n) is 2.28. The normalized spacial score (nSPS) is 10.4. The zero-order chi connectivity index (χ0) is 16.9. The molecule has 1 N–H and O–H groups in total. The highest BCUT2D eigenvalue weighted by molar-refractivity contribution is 6.42. The van der Waals surface area contributed by atoms with Crippen molar-refractivity contribution in [1.29, 1.82) is 0 Å². The molecule has 0 aliphatic heterocycles. The number of nitrogens with zero attached hydrogens (tertiary/aromatic N) is 1. The first kappa shape index (κ1) is 16.5. The van der Waals surface area contributed by atoms with E-state index >= 15 is 0 Å². The third kappa shape index (κ3) is 4.13. The number of amides is 1. The molecule has 0 spiro atoms. The topological polar surface area (TPSA) is 33.0 Å². The molecule has 0 aliphatic carbocycles. The van der Waals surface area contributed by atoms with Crippen molar-refractivity contribution in [2.75, 3.05) is 5.32 Å². The van der Waals surface area contributed by atoms with Crippen molar-refractivity contribution in [3.63, 3.8) is 0 Å². The lowest BCUT2D eigenvalue weighted by molar-refractivity contribution is -0.688. The summed E-state index contributed by atoms with van der Waals surface area (Å²) in [6.45, 7) is 0.780. The molecule has 0 saturated carbocycles. The predicted octanol–water partition coefficient (Wildman–Crippen LogP) is 4.58. The molecule has 0 fully saturated rings. The lowest BCUT2D eigenvalue weighted by atomic mass is 10.2. The first-order valence-corrected chi connectivity index (χ1v) is 8.17. The maximum atomic E-state index is 12.2. The van der Waals surface area contributed by atoms with Gasteiger partial charge in [0.15, 0.2) is 18.9 Å². The molecule has 0 aliphatic rings. The first-order valence-electron chi connectivity index (χ1n) is 7.41. The van der Waals surface area contributed by atoms with Crippen LogP contribution in [0.2, 0.25) is 10.0 Å². The van der Waals surface area contributed by atoms with Gasteiger partial charge in [0.1, 0.15) is 0 Å². The summed E-state index contributed by atoms with van der Waals surface area (Å²) in [6.07, 6.45) is 3.86. The van der Waals surface area contributed by atoms with Gasteiger partial charge in [0.05, 0.1) is 15.7 Å². The standard InChI is InChI=1S/C19H14Cl2N2O/c20-17-7-6-15(12-18(17)21)19(24)22-16-8-10-23(11-9-16)13-14-4-2-1-3-5-14/h1-12H,13H2/p+1. The number of hydrogen-bond donors (Lipinski definition) is 1. The maximum Gasteiger partial charge on any atom is 0.255 e. The molecule has 0 saturated heterocycles. The Bertz CT molecular complexity index is 849. The first-order chi connectivity index (χ1) is 11.6. The van der Waals surface area contributed by atoms with Gasteiger partial charge in [-0.15, -0.1) is 0 Å². The van der Waals surface area contributed by atoms with Gasteiger partial charge in [0, 0.05) is 23.3 Å². The SMILES string of the molecule is O=C(Nc1cc[n+](Cc2ccccc2)cc1)c1ccc(Cl)c(Cl)c1. The Morgan fingerprint density at radius 2 is 1.62 bits per heavy atom. The molecule has 0 atom stereocenters. The summed E-state index contributed by atoms with van der Waals surface area (Å²) in [6, 6.07) is 18.7. The Balaban J connectivity index is 1.67. The van der Waals surface area contributed by atoms with E-state index in [1.165, 1.54) is 5.56 Å². The smallest absolute Gasteiger partial charge is 0.255 e. The number of anilines is 1. The quantitative estimate of drug-likeness (QED) is 0.681. The van der Waals surface area contributed by atoms with Crippen LogP contribution in [-0.4, -0.2) is 5.91 Å². The average molecular weight is 358 g/mol. The summed E-state index contributed by atoms with van der Waals surface area (Å²) in [5, 5.41) is 3.63. The Morgan fingerprint density at radius 1 is 0.917 bits per heavy atom. The van der Waals surface area contributed by atoms with Crippen LogP contribution in [-0.2, 0) is 6.54 Å². The number of benzene rings is 2. The Kier molecular flexibility index (Phi) is 5.14. The van der Waals surface area contributed by atoms with E-state index in [0.29, 0.717) is 15.6 Å². The van der Waals surface area contributed by atoms with Gasteiger partial charge in [0.2, 0.25) is 0 Å². The van der Waals surface area contributed by atoms with Gasteiger partial charge in [-0.05, 0) is 18.2 Å². The van der Waals surface area contributed by atoms with Gasteiger partial charge < -0.3 is 5.32 Å². The van der Waals surface area contributed by atoms with Crippen LogP contribution in [0.3, 0.4) is 0 Å². The van der Waals surface area contributed by atoms with E-state index in [2.05, 4.69) is 17.4 Å². The summed E-state index contributed by atoms with van der Waals surface area (Å²) in [5.74, 6) is -0.227. The number of aromatic nitrogens is 1. The Morgan fingerprint density at radius 3 is 2.29 bits per heavy atom. The number of pyridine rings is 1. The molecule has 3 aromatic rings. The zero-order valence-corrected chi connectivity index (χ0v) is 14.3. The molecule has 1 heterocycles. The molecule has 1 aromatic heterocycles. The van der Waals surface area contributed by atoms with Crippen molar-refractivity contribution in [3.8, 4) is 0 Å².